The number of hydrogen-bond donors (Lipinski definition) is 1. The van der Waals surface area contributed by atoms with Gasteiger partial charge in [-0.3, -0.25) is 4.79 Å². The molecule has 33 heavy (non-hydrogen) atoms. The van der Waals surface area contributed by atoms with Crippen molar-refractivity contribution >= 4 is 17.3 Å². The van der Waals surface area contributed by atoms with Gasteiger partial charge in [-0.05, 0) is 62.0 Å². The van der Waals surface area contributed by atoms with Crippen LogP contribution in [0.4, 0.5) is 24.5 Å². The minimum atomic E-state index is -4.42. The number of alkyl halides is 3. The van der Waals surface area contributed by atoms with Crippen LogP contribution in [0.3, 0.4) is 0 Å². The molecule has 0 aliphatic carbocycles. The highest BCUT2D eigenvalue weighted by atomic mass is 19.4. The van der Waals surface area contributed by atoms with Crippen molar-refractivity contribution in [2.75, 3.05) is 43.4 Å². The average molecular weight is 454 g/mol. The molecule has 0 atom stereocenters. The fourth-order valence-electron chi connectivity index (χ4n) is 3.76. The molecule has 1 aliphatic rings. The molecule has 4 rings (SSSR count). The van der Waals surface area contributed by atoms with E-state index in [4.69, 9.17) is 0 Å². The van der Waals surface area contributed by atoms with Gasteiger partial charge in [0.2, 0.25) is 0 Å². The number of rotatable bonds is 4. The molecule has 1 aliphatic heterocycles. The quantitative estimate of drug-likeness (QED) is 0.597. The van der Waals surface area contributed by atoms with E-state index < -0.39 is 17.6 Å². The summed E-state index contributed by atoms with van der Waals surface area (Å²) >= 11 is 0. The molecule has 0 saturated carbocycles. The predicted molar refractivity (Wildman–Crippen MR) is 124 cm³/mol. The van der Waals surface area contributed by atoms with Crippen LogP contribution >= 0.6 is 0 Å². The Hall–Kier alpha value is -3.39. The smallest absolute Gasteiger partial charge is 0.369 e. The van der Waals surface area contributed by atoms with E-state index in [1.165, 1.54) is 12.1 Å². The number of benzene rings is 2. The number of nitrogens with zero attached hydrogens (tertiary/aromatic N) is 3. The minimum absolute atomic E-state index is 0.232. The molecule has 0 bridgehead atoms. The Bertz CT molecular complexity index is 1120. The van der Waals surface area contributed by atoms with Gasteiger partial charge in [-0.15, -0.1) is 0 Å². The number of carbonyl (C=O) groups excluding carboxylic acids is 1. The number of aromatic nitrogens is 1. The molecular weight excluding hydrogens is 429 g/mol. The van der Waals surface area contributed by atoms with E-state index in [2.05, 4.69) is 39.3 Å². The fraction of sp³-hybridized carbons (Fsp3) is 0.280. The van der Waals surface area contributed by atoms with Crippen LogP contribution in [0.1, 0.15) is 21.6 Å². The predicted octanol–water partition coefficient (Wildman–Crippen LogP) is 5.08. The molecule has 3 aromatic rings. The molecule has 1 N–H and O–H groups in total. The van der Waals surface area contributed by atoms with Crippen LogP contribution < -0.4 is 10.2 Å². The van der Waals surface area contributed by atoms with Gasteiger partial charge in [-0.2, -0.15) is 13.2 Å². The molecule has 2 aromatic carbocycles. The van der Waals surface area contributed by atoms with Crippen LogP contribution in [0.2, 0.25) is 0 Å². The highest BCUT2D eigenvalue weighted by Crippen LogP contribution is 2.30. The zero-order valence-corrected chi connectivity index (χ0v) is 18.5. The minimum Gasteiger partial charge on any atom is -0.369 e. The Morgan fingerprint density at radius 3 is 2.15 bits per heavy atom. The maximum atomic E-state index is 12.8. The second-order valence-corrected chi connectivity index (χ2v) is 8.23. The Labute approximate surface area is 190 Å². The molecule has 1 fully saturated rings. The lowest BCUT2D eigenvalue weighted by atomic mass is 10.1. The van der Waals surface area contributed by atoms with E-state index in [9.17, 15) is 18.0 Å². The number of carbonyl (C=O) groups is 1. The van der Waals surface area contributed by atoms with Gasteiger partial charge < -0.3 is 15.1 Å². The lowest BCUT2D eigenvalue weighted by Crippen LogP contribution is -2.44. The largest absolute Gasteiger partial charge is 0.416 e. The molecular formula is C25H25F3N4O. The standard InChI is InChI=1S/C25H25F3N4O/c1-17-3-12-22(18-4-10-21(11-5-18)32-15-13-31(2)14-16-32)30-23(17)24(33)29-20-8-6-19(7-9-20)25(26,27)28/h3-12H,13-16H2,1-2H3,(H,29,33). The Balaban J connectivity index is 1.50. The number of anilines is 2. The average Bonchev–Trinajstić information content (AvgIpc) is 2.80. The van der Waals surface area contributed by atoms with Crippen molar-refractivity contribution in [1.29, 1.82) is 0 Å². The SMILES string of the molecule is Cc1ccc(-c2ccc(N3CCN(C)CC3)cc2)nc1C(=O)Nc1ccc(C(F)(F)F)cc1. The van der Waals surface area contributed by atoms with Gasteiger partial charge in [0.05, 0.1) is 11.3 Å². The number of likely N-dealkylation sites (N-methyl/N-ethyl adjacent to an activating group) is 1. The van der Waals surface area contributed by atoms with Gasteiger partial charge in [-0.25, -0.2) is 4.98 Å². The molecule has 8 heteroatoms. The topological polar surface area (TPSA) is 48.5 Å². The van der Waals surface area contributed by atoms with Crippen LogP contribution in [0.25, 0.3) is 11.3 Å². The summed E-state index contributed by atoms with van der Waals surface area (Å²) < 4.78 is 38.2. The summed E-state index contributed by atoms with van der Waals surface area (Å²) in [5, 5.41) is 2.63. The maximum absolute atomic E-state index is 12.8. The summed E-state index contributed by atoms with van der Waals surface area (Å²) in [6.45, 7) is 5.78. The summed E-state index contributed by atoms with van der Waals surface area (Å²) in [6, 6.07) is 16.1. The van der Waals surface area contributed by atoms with Crippen molar-refractivity contribution < 1.29 is 18.0 Å². The van der Waals surface area contributed by atoms with E-state index in [1.807, 2.05) is 24.3 Å². The first kappa shape index (κ1) is 22.8. The third kappa shape index (κ3) is 5.34. The first-order valence-electron chi connectivity index (χ1n) is 10.7. The van der Waals surface area contributed by atoms with Gasteiger partial charge in [0.15, 0.2) is 0 Å². The van der Waals surface area contributed by atoms with E-state index in [0.717, 1.165) is 49.6 Å². The summed E-state index contributed by atoms with van der Waals surface area (Å²) in [5.74, 6) is -0.469. The highest BCUT2D eigenvalue weighted by Gasteiger charge is 2.30. The lowest BCUT2D eigenvalue weighted by Gasteiger charge is -2.34. The third-order valence-electron chi connectivity index (χ3n) is 5.81. The number of pyridine rings is 1. The summed E-state index contributed by atoms with van der Waals surface area (Å²) in [4.78, 5) is 22.0. The third-order valence-corrected chi connectivity index (χ3v) is 5.81. The molecule has 0 spiro atoms. The molecule has 0 radical (unpaired) electrons. The monoisotopic (exact) mass is 454 g/mol. The number of halogens is 3. The zero-order valence-electron chi connectivity index (χ0n) is 18.5. The van der Waals surface area contributed by atoms with Crippen molar-refractivity contribution in [2.45, 2.75) is 13.1 Å². The number of aryl methyl sites for hydroxylation is 1. The molecule has 2 heterocycles. The van der Waals surface area contributed by atoms with E-state index in [-0.39, 0.29) is 11.4 Å². The second kappa shape index (κ2) is 9.23. The van der Waals surface area contributed by atoms with Crippen LogP contribution in [0, 0.1) is 6.92 Å². The molecule has 1 amide bonds. The van der Waals surface area contributed by atoms with Gasteiger partial charge in [0, 0.05) is 43.1 Å². The normalized spacial score (nSPS) is 14.9. The van der Waals surface area contributed by atoms with E-state index in [1.54, 1.807) is 6.92 Å². The molecule has 172 valence electrons. The summed E-state index contributed by atoms with van der Waals surface area (Å²) in [7, 11) is 2.12. The lowest BCUT2D eigenvalue weighted by molar-refractivity contribution is -0.137. The second-order valence-electron chi connectivity index (χ2n) is 8.23. The first-order valence-corrected chi connectivity index (χ1v) is 10.7. The van der Waals surface area contributed by atoms with Crippen LogP contribution in [-0.2, 0) is 6.18 Å². The fourth-order valence-corrected chi connectivity index (χ4v) is 3.76. The number of hydrogen-bond acceptors (Lipinski definition) is 4. The number of nitrogens with one attached hydrogen (secondary N) is 1. The van der Waals surface area contributed by atoms with Gasteiger partial charge in [-0.1, -0.05) is 18.2 Å². The van der Waals surface area contributed by atoms with Crippen LogP contribution in [-0.4, -0.2) is 49.0 Å². The molecule has 0 unspecified atom stereocenters. The number of amides is 1. The van der Waals surface area contributed by atoms with E-state index >= 15 is 0 Å². The Morgan fingerprint density at radius 2 is 1.55 bits per heavy atom. The van der Waals surface area contributed by atoms with Crippen molar-refractivity contribution in [3.8, 4) is 11.3 Å². The molecule has 1 saturated heterocycles. The first-order chi connectivity index (χ1) is 15.7. The Morgan fingerprint density at radius 1 is 0.909 bits per heavy atom. The van der Waals surface area contributed by atoms with Gasteiger partial charge in [0.1, 0.15) is 5.69 Å². The zero-order chi connectivity index (χ0) is 23.6. The number of piperazine rings is 1. The highest BCUT2D eigenvalue weighted by molar-refractivity contribution is 6.04. The summed E-state index contributed by atoms with van der Waals surface area (Å²) in [6.07, 6.45) is -4.42. The van der Waals surface area contributed by atoms with Gasteiger partial charge >= 0.3 is 6.18 Å². The molecule has 5 nitrogen and oxygen atoms in total. The van der Waals surface area contributed by atoms with Crippen molar-refractivity contribution in [1.82, 2.24) is 9.88 Å². The maximum Gasteiger partial charge on any atom is 0.416 e. The van der Waals surface area contributed by atoms with Crippen molar-refractivity contribution in [2.24, 2.45) is 0 Å². The molecule has 1 aromatic heterocycles. The van der Waals surface area contributed by atoms with E-state index in [0.29, 0.717) is 11.3 Å². The van der Waals surface area contributed by atoms with Crippen molar-refractivity contribution in [3.63, 3.8) is 0 Å². The Kier molecular flexibility index (Phi) is 6.37. The summed E-state index contributed by atoms with van der Waals surface area (Å²) in [5.41, 5.74) is 3.11. The van der Waals surface area contributed by atoms with Crippen LogP contribution in [0.5, 0.6) is 0 Å². The van der Waals surface area contributed by atoms with Gasteiger partial charge in [0.25, 0.3) is 5.91 Å². The van der Waals surface area contributed by atoms with Crippen LogP contribution in [0.15, 0.2) is 60.7 Å². The van der Waals surface area contributed by atoms with Crippen molar-refractivity contribution in [3.05, 3.63) is 77.5 Å².